The first-order valence-corrected chi connectivity index (χ1v) is 4.34. The number of carbonyl (C=O) groups is 1. The largest absolute Gasteiger partial charge is 0.481 e. The molecule has 1 rings (SSSR count). The zero-order chi connectivity index (χ0) is 10.7. The van der Waals surface area contributed by atoms with E-state index < -0.39 is 17.7 Å². The lowest BCUT2D eigenvalue weighted by Gasteiger charge is -2.12. The lowest BCUT2D eigenvalue weighted by atomic mass is 9.95. The number of hydrogen-bond acceptors (Lipinski definition) is 2. The van der Waals surface area contributed by atoms with E-state index in [9.17, 15) is 9.18 Å². The van der Waals surface area contributed by atoms with Crippen molar-refractivity contribution in [1.29, 1.82) is 0 Å². The van der Waals surface area contributed by atoms with Crippen LogP contribution < -0.4 is 5.73 Å². The predicted octanol–water partition coefficient (Wildman–Crippen LogP) is 1.99. The summed E-state index contributed by atoms with van der Waals surface area (Å²) < 4.78 is 12.9. The lowest BCUT2D eigenvalue weighted by molar-refractivity contribution is -0.138. The van der Waals surface area contributed by atoms with E-state index in [0.29, 0.717) is 17.7 Å². The third-order valence-corrected chi connectivity index (χ3v) is 2.13. The molecule has 0 amide bonds. The Morgan fingerprint density at radius 1 is 1.64 bits per heavy atom. The molecule has 1 atom stereocenters. The Morgan fingerprint density at radius 3 is 2.79 bits per heavy atom. The molecule has 4 heteroatoms. The van der Waals surface area contributed by atoms with Crippen LogP contribution in [0.15, 0.2) is 18.2 Å². The lowest BCUT2D eigenvalue weighted by Crippen LogP contribution is -2.12. The van der Waals surface area contributed by atoms with Crippen LogP contribution in [0.5, 0.6) is 0 Å². The fraction of sp³-hybridized carbons (Fsp3) is 0.300. The van der Waals surface area contributed by atoms with E-state index >= 15 is 0 Å². The van der Waals surface area contributed by atoms with Crippen molar-refractivity contribution in [1.82, 2.24) is 0 Å². The van der Waals surface area contributed by atoms with Crippen LogP contribution in [0.25, 0.3) is 0 Å². The van der Waals surface area contributed by atoms with Gasteiger partial charge in [-0.15, -0.1) is 0 Å². The first kappa shape index (κ1) is 10.5. The second-order valence-electron chi connectivity index (χ2n) is 3.07. The molecule has 0 saturated heterocycles. The van der Waals surface area contributed by atoms with E-state index in [-0.39, 0.29) is 0 Å². The van der Waals surface area contributed by atoms with Crippen molar-refractivity contribution in [3.63, 3.8) is 0 Å². The number of aliphatic carboxylic acids is 1. The van der Waals surface area contributed by atoms with Gasteiger partial charge in [-0.25, -0.2) is 4.39 Å². The molecule has 0 fully saturated rings. The second-order valence-corrected chi connectivity index (χ2v) is 3.07. The number of anilines is 1. The van der Waals surface area contributed by atoms with Crippen LogP contribution in [-0.2, 0) is 4.79 Å². The summed E-state index contributed by atoms with van der Waals surface area (Å²) in [6.45, 7) is 1.73. The van der Waals surface area contributed by atoms with E-state index in [2.05, 4.69) is 0 Å². The van der Waals surface area contributed by atoms with Gasteiger partial charge >= 0.3 is 5.97 Å². The molecule has 14 heavy (non-hydrogen) atoms. The Balaban J connectivity index is 3.15. The fourth-order valence-electron chi connectivity index (χ4n) is 1.37. The van der Waals surface area contributed by atoms with Crippen LogP contribution in [0.3, 0.4) is 0 Å². The van der Waals surface area contributed by atoms with E-state index in [4.69, 9.17) is 10.8 Å². The summed E-state index contributed by atoms with van der Waals surface area (Å²) >= 11 is 0. The van der Waals surface area contributed by atoms with E-state index in [0.717, 1.165) is 0 Å². The minimum absolute atomic E-state index is 0.320. The standard InChI is InChI=1S/C10H12FNO2/c1-2-7(10(13)14)8-5-6(11)3-4-9(8)12/h3-5,7H,2,12H2,1H3,(H,13,14). The fourth-order valence-corrected chi connectivity index (χ4v) is 1.37. The summed E-state index contributed by atoms with van der Waals surface area (Å²) in [4.78, 5) is 10.8. The van der Waals surface area contributed by atoms with Crippen LogP contribution in [0.4, 0.5) is 10.1 Å². The van der Waals surface area contributed by atoms with Crippen molar-refractivity contribution in [3.8, 4) is 0 Å². The zero-order valence-electron chi connectivity index (χ0n) is 7.83. The van der Waals surface area contributed by atoms with Crippen molar-refractivity contribution in [2.45, 2.75) is 19.3 Å². The summed E-state index contributed by atoms with van der Waals surface area (Å²) in [7, 11) is 0. The molecule has 0 bridgehead atoms. The highest BCUT2D eigenvalue weighted by Crippen LogP contribution is 2.26. The van der Waals surface area contributed by atoms with E-state index in [1.807, 2.05) is 0 Å². The SMILES string of the molecule is CCC(C(=O)O)c1cc(F)ccc1N. The maximum atomic E-state index is 12.9. The summed E-state index contributed by atoms with van der Waals surface area (Å²) in [6, 6.07) is 3.78. The van der Waals surface area contributed by atoms with Gasteiger partial charge in [-0.05, 0) is 30.2 Å². The molecule has 1 aromatic rings. The Morgan fingerprint density at radius 2 is 2.29 bits per heavy atom. The Hall–Kier alpha value is -1.58. The Kier molecular flexibility index (Phi) is 3.06. The minimum atomic E-state index is -0.982. The van der Waals surface area contributed by atoms with E-state index in [1.165, 1.54) is 18.2 Å². The number of halogens is 1. The highest BCUT2D eigenvalue weighted by molar-refractivity contribution is 5.78. The molecule has 0 spiro atoms. The number of rotatable bonds is 3. The topological polar surface area (TPSA) is 63.3 Å². The molecule has 0 aliphatic carbocycles. The molecule has 1 aromatic carbocycles. The molecule has 76 valence electrons. The maximum Gasteiger partial charge on any atom is 0.311 e. The number of hydrogen-bond donors (Lipinski definition) is 2. The number of benzene rings is 1. The van der Waals surface area contributed by atoms with Gasteiger partial charge in [0.05, 0.1) is 5.92 Å². The zero-order valence-corrected chi connectivity index (χ0v) is 7.83. The van der Waals surface area contributed by atoms with Gasteiger partial charge in [-0.2, -0.15) is 0 Å². The van der Waals surface area contributed by atoms with Crippen molar-refractivity contribution in [2.24, 2.45) is 0 Å². The Bertz CT molecular complexity index is 352. The van der Waals surface area contributed by atoms with Crippen LogP contribution in [0.1, 0.15) is 24.8 Å². The third kappa shape index (κ3) is 2.02. The van der Waals surface area contributed by atoms with Crippen LogP contribution in [-0.4, -0.2) is 11.1 Å². The van der Waals surface area contributed by atoms with Gasteiger partial charge in [0.15, 0.2) is 0 Å². The van der Waals surface area contributed by atoms with Crippen LogP contribution >= 0.6 is 0 Å². The predicted molar refractivity (Wildman–Crippen MR) is 51.5 cm³/mol. The molecule has 1 unspecified atom stereocenters. The third-order valence-electron chi connectivity index (χ3n) is 2.13. The van der Waals surface area contributed by atoms with Gasteiger partial charge in [0.1, 0.15) is 5.82 Å². The number of carboxylic acid groups (broad SMARTS) is 1. The average Bonchev–Trinajstić information content (AvgIpc) is 2.11. The minimum Gasteiger partial charge on any atom is -0.481 e. The maximum absolute atomic E-state index is 12.9. The molecule has 0 aliphatic heterocycles. The molecule has 0 radical (unpaired) electrons. The van der Waals surface area contributed by atoms with Crippen LogP contribution in [0.2, 0.25) is 0 Å². The van der Waals surface area contributed by atoms with Crippen LogP contribution in [0, 0.1) is 5.82 Å². The first-order chi connectivity index (χ1) is 6.56. The van der Waals surface area contributed by atoms with Gasteiger partial charge in [-0.1, -0.05) is 6.92 Å². The summed E-state index contributed by atoms with van der Waals surface area (Å²) in [6.07, 6.45) is 0.392. The van der Waals surface area contributed by atoms with Crippen molar-refractivity contribution in [3.05, 3.63) is 29.6 Å². The summed E-state index contributed by atoms with van der Waals surface area (Å²) in [5.74, 6) is -2.18. The van der Waals surface area contributed by atoms with Crippen molar-refractivity contribution >= 4 is 11.7 Å². The first-order valence-electron chi connectivity index (χ1n) is 4.34. The molecular weight excluding hydrogens is 185 g/mol. The number of carboxylic acids is 1. The average molecular weight is 197 g/mol. The highest BCUT2D eigenvalue weighted by Gasteiger charge is 2.20. The molecule has 0 heterocycles. The smallest absolute Gasteiger partial charge is 0.311 e. The van der Waals surface area contributed by atoms with Gasteiger partial charge in [0.25, 0.3) is 0 Å². The number of nitrogen functional groups attached to an aromatic ring is 1. The van der Waals surface area contributed by atoms with E-state index in [1.54, 1.807) is 6.92 Å². The molecule has 3 nitrogen and oxygen atoms in total. The quantitative estimate of drug-likeness (QED) is 0.728. The molecular formula is C10H12FNO2. The Labute approximate surface area is 81.4 Å². The molecule has 0 aliphatic rings. The second kappa shape index (κ2) is 4.09. The summed E-state index contributed by atoms with van der Waals surface area (Å²) in [5, 5.41) is 8.86. The molecule has 0 aromatic heterocycles. The van der Waals surface area contributed by atoms with Gasteiger partial charge in [0.2, 0.25) is 0 Å². The molecule has 3 N–H and O–H groups in total. The van der Waals surface area contributed by atoms with Gasteiger partial charge < -0.3 is 10.8 Å². The van der Waals surface area contributed by atoms with Crippen molar-refractivity contribution < 1.29 is 14.3 Å². The monoisotopic (exact) mass is 197 g/mol. The summed E-state index contributed by atoms with van der Waals surface area (Å²) in [5.41, 5.74) is 6.24. The van der Waals surface area contributed by atoms with Crippen molar-refractivity contribution in [2.75, 3.05) is 5.73 Å². The normalized spacial score (nSPS) is 12.4. The number of nitrogens with two attached hydrogens (primary N) is 1. The van der Waals surface area contributed by atoms with Gasteiger partial charge in [-0.3, -0.25) is 4.79 Å². The molecule has 0 saturated carbocycles. The highest BCUT2D eigenvalue weighted by atomic mass is 19.1. The van der Waals surface area contributed by atoms with Gasteiger partial charge in [0, 0.05) is 5.69 Å².